The van der Waals surface area contributed by atoms with Gasteiger partial charge < -0.3 is 15.2 Å². The molecule has 6 heteroatoms. The number of rotatable bonds is 2. The maximum Gasteiger partial charge on any atom is 0.335 e. The van der Waals surface area contributed by atoms with E-state index in [1.807, 2.05) is 42.2 Å². The standard InChI is InChI=1S/C18H16N2O3S/c1-18-10-14(13-7-2-3-8-15(13)23-18)19-17(24)20(18)12-6-4-5-11(9-12)16(21)22/h2-9,14H,10H2,1H3,(H,19,24)(H,21,22)/t14-,18-/m0/s1. The fourth-order valence-corrected chi connectivity index (χ4v) is 3.93. The van der Waals surface area contributed by atoms with Crippen LogP contribution in [-0.2, 0) is 0 Å². The Morgan fingerprint density at radius 1 is 1.33 bits per heavy atom. The molecule has 5 nitrogen and oxygen atoms in total. The Kier molecular flexibility index (Phi) is 3.25. The third kappa shape index (κ3) is 2.22. The molecule has 24 heavy (non-hydrogen) atoms. The van der Waals surface area contributed by atoms with Gasteiger partial charge in [-0.15, -0.1) is 0 Å². The Morgan fingerprint density at radius 2 is 2.12 bits per heavy atom. The topological polar surface area (TPSA) is 61.8 Å². The van der Waals surface area contributed by atoms with E-state index >= 15 is 0 Å². The van der Waals surface area contributed by atoms with Crippen LogP contribution in [-0.4, -0.2) is 21.9 Å². The molecule has 122 valence electrons. The summed E-state index contributed by atoms with van der Waals surface area (Å²) in [7, 11) is 0. The maximum absolute atomic E-state index is 11.3. The second kappa shape index (κ2) is 5.21. The number of carboxylic acid groups (broad SMARTS) is 1. The lowest BCUT2D eigenvalue weighted by Gasteiger charge is -2.52. The fraction of sp³-hybridized carbons (Fsp3) is 0.222. The Hall–Kier alpha value is -2.60. The Labute approximate surface area is 144 Å². The molecule has 2 heterocycles. The minimum absolute atomic E-state index is 0.0892. The number of hydrogen-bond donors (Lipinski definition) is 2. The summed E-state index contributed by atoms with van der Waals surface area (Å²) in [4.78, 5) is 13.1. The summed E-state index contributed by atoms with van der Waals surface area (Å²) < 4.78 is 6.28. The van der Waals surface area contributed by atoms with Gasteiger partial charge in [-0.1, -0.05) is 24.3 Å². The van der Waals surface area contributed by atoms with Gasteiger partial charge in [0.25, 0.3) is 0 Å². The summed E-state index contributed by atoms with van der Waals surface area (Å²) in [6.07, 6.45) is 0.710. The lowest BCUT2D eigenvalue weighted by atomic mass is 9.90. The highest BCUT2D eigenvalue weighted by molar-refractivity contribution is 7.80. The van der Waals surface area contributed by atoms with Crippen molar-refractivity contribution < 1.29 is 14.6 Å². The molecule has 1 fully saturated rings. The van der Waals surface area contributed by atoms with Crippen LogP contribution in [0.1, 0.15) is 35.3 Å². The van der Waals surface area contributed by atoms with Crippen molar-refractivity contribution >= 4 is 29.0 Å². The molecule has 0 aliphatic carbocycles. The number of aromatic carboxylic acids is 1. The largest absolute Gasteiger partial charge is 0.478 e. The fourth-order valence-electron chi connectivity index (χ4n) is 3.49. The van der Waals surface area contributed by atoms with E-state index in [1.54, 1.807) is 18.2 Å². The number of hydrogen-bond acceptors (Lipinski definition) is 3. The monoisotopic (exact) mass is 340 g/mol. The van der Waals surface area contributed by atoms with Crippen LogP contribution in [0.25, 0.3) is 0 Å². The average Bonchev–Trinajstić information content (AvgIpc) is 2.54. The maximum atomic E-state index is 11.3. The Bertz CT molecular complexity index is 854. The number of ether oxygens (including phenoxy) is 1. The smallest absolute Gasteiger partial charge is 0.335 e. The zero-order valence-corrected chi connectivity index (χ0v) is 13.8. The zero-order valence-electron chi connectivity index (χ0n) is 13.0. The van der Waals surface area contributed by atoms with Crippen LogP contribution in [0.4, 0.5) is 5.69 Å². The second-order valence-electron chi connectivity index (χ2n) is 6.21. The summed E-state index contributed by atoms with van der Waals surface area (Å²) in [5, 5.41) is 13.1. The zero-order chi connectivity index (χ0) is 16.9. The van der Waals surface area contributed by atoms with E-state index in [0.717, 1.165) is 11.3 Å². The molecule has 0 unspecified atom stereocenters. The van der Waals surface area contributed by atoms with Crippen LogP contribution >= 0.6 is 12.2 Å². The molecule has 2 N–H and O–H groups in total. The van der Waals surface area contributed by atoms with E-state index < -0.39 is 11.7 Å². The Morgan fingerprint density at radius 3 is 2.92 bits per heavy atom. The molecule has 0 spiro atoms. The van der Waals surface area contributed by atoms with Crippen molar-refractivity contribution in [2.45, 2.75) is 25.1 Å². The lowest BCUT2D eigenvalue weighted by Crippen LogP contribution is -2.65. The first kappa shape index (κ1) is 15.0. The molecule has 2 aromatic carbocycles. The van der Waals surface area contributed by atoms with Gasteiger partial charge >= 0.3 is 5.97 Å². The van der Waals surface area contributed by atoms with Gasteiger partial charge in [-0.2, -0.15) is 0 Å². The van der Waals surface area contributed by atoms with Gasteiger partial charge in [0.15, 0.2) is 10.8 Å². The number of benzene rings is 2. The van der Waals surface area contributed by atoms with Crippen LogP contribution in [0.15, 0.2) is 48.5 Å². The summed E-state index contributed by atoms with van der Waals surface area (Å²) in [5.41, 5.74) is 1.35. The van der Waals surface area contributed by atoms with E-state index in [4.69, 9.17) is 17.0 Å². The van der Waals surface area contributed by atoms with Gasteiger partial charge in [0.05, 0.1) is 11.6 Å². The van der Waals surface area contributed by atoms with Crippen molar-refractivity contribution in [1.29, 1.82) is 0 Å². The number of nitrogens with one attached hydrogen (secondary N) is 1. The van der Waals surface area contributed by atoms with Crippen molar-refractivity contribution in [1.82, 2.24) is 5.32 Å². The predicted molar refractivity (Wildman–Crippen MR) is 94.4 cm³/mol. The van der Waals surface area contributed by atoms with Crippen LogP contribution < -0.4 is 15.0 Å². The van der Waals surface area contributed by atoms with E-state index in [-0.39, 0.29) is 11.6 Å². The van der Waals surface area contributed by atoms with Crippen LogP contribution in [0.5, 0.6) is 5.75 Å². The molecule has 0 aromatic heterocycles. The number of carbonyl (C=O) groups is 1. The molecule has 0 radical (unpaired) electrons. The van der Waals surface area contributed by atoms with E-state index in [0.29, 0.717) is 17.2 Å². The SMILES string of the molecule is C[C@]12C[C@H](NC(=S)N1c1cccc(C(=O)O)c1)c1ccccc1O2. The lowest BCUT2D eigenvalue weighted by molar-refractivity contribution is 0.0496. The molecule has 2 aliphatic rings. The van der Waals surface area contributed by atoms with E-state index in [1.165, 1.54) is 0 Å². The predicted octanol–water partition coefficient (Wildman–Crippen LogP) is 3.32. The summed E-state index contributed by atoms with van der Waals surface area (Å²) in [6.45, 7) is 1.98. The number of nitrogens with zero attached hydrogens (tertiary/aromatic N) is 1. The number of para-hydroxylation sites is 1. The van der Waals surface area contributed by atoms with Gasteiger partial charge in [-0.3, -0.25) is 4.90 Å². The van der Waals surface area contributed by atoms with Gasteiger partial charge in [0, 0.05) is 17.7 Å². The molecule has 2 aliphatic heterocycles. The summed E-state index contributed by atoms with van der Waals surface area (Å²) in [5.74, 6) is -0.142. The molecule has 1 saturated heterocycles. The highest BCUT2D eigenvalue weighted by Gasteiger charge is 2.48. The van der Waals surface area contributed by atoms with Crippen molar-refractivity contribution in [2.24, 2.45) is 0 Å². The summed E-state index contributed by atoms with van der Waals surface area (Å²) >= 11 is 5.56. The minimum atomic E-state index is -0.967. The van der Waals surface area contributed by atoms with Crippen LogP contribution in [0.3, 0.4) is 0 Å². The molecule has 0 saturated carbocycles. The Balaban J connectivity index is 1.79. The molecule has 4 rings (SSSR count). The normalized spacial score (nSPS) is 24.6. The third-order valence-corrected chi connectivity index (χ3v) is 4.83. The molecule has 2 bridgehead atoms. The highest BCUT2D eigenvalue weighted by Crippen LogP contribution is 2.45. The molecular weight excluding hydrogens is 324 g/mol. The molecule has 2 aromatic rings. The first-order valence-electron chi connectivity index (χ1n) is 7.70. The number of fused-ring (bicyclic) bond motifs is 4. The molecule has 2 atom stereocenters. The highest BCUT2D eigenvalue weighted by atomic mass is 32.1. The van der Waals surface area contributed by atoms with Crippen LogP contribution in [0.2, 0.25) is 0 Å². The number of thiocarbonyl (C=S) groups is 1. The van der Waals surface area contributed by atoms with Crippen molar-refractivity contribution in [3.8, 4) is 5.75 Å². The first-order chi connectivity index (χ1) is 11.5. The summed E-state index contributed by atoms with van der Waals surface area (Å²) in [6, 6.07) is 14.7. The van der Waals surface area contributed by atoms with E-state index in [9.17, 15) is 9.90 Å². The van der Waals surface area contributed by atoms with Gasteiger partial charge in [-0.05, 0) is 43.4 Å². The van der Waals surface area contributed by atoms with Crippen molar-refractivity contribution in [3.63, 3.8) is 0 Å². The van der Waals surface area contributed by atoms with Crippen LogP contribution in [0, 0.1) is 0 Å². The number of anilines is 1. The minimum Gasteiger partial charge on any atom is -0.478 e. The quantitative estimate of drug-likeness (QED) is 0.818. The van der Waals surface area contributed by atoms with Crippen molar-refractivity contribution in [3.05, 3.63) is 59.7 Å². The third-order valence-electron chi connectivity index (χ3n) is 4.53. The second-order valence-corrected chi connectivity index (χ2v) is 6.60. The van der Waals surface area contributed by atoms with Crippen molar-refractivity contribution in [2.75, 3.05) is 4.90 Å². The van der Waals surface area contributed by atoms with Gasteiger partial charge in [-0.25, -0.2) is 4.79 Å². The first-order valence-corrected chi connectivity index (χ1v) is 8.11. The van der Waals surface area contributed by atoms with Gasteiger partial charge in [0.1, 0.15) is 5.75 Å². The van der Waals surface area contributed by atoms with Gasteiger partial charge in [0.2, 0.25) is 0 Å². The van der Waals surface area contributed by atoms with E-state index in [2.05, 4.69) is 5.32 Å². The average molecular weight is 340 g/mol. The number of carboxylic acids is 1. The molecule has 0 amide bonds. The molecular formula is C18H16N2O3S.